The Balaban J connectivity index is 1.46. The molecular weight excluding hydrogens is 342 g/mol. The number of ether oxygens (including phenoxy) is 1. The number of pyridine rings is 1. The Morgan fingerprint density at radius 3 is 2.63 bits per heavy atom. The van der Waals surface area contributed by atoms with Gasteiger partial charge in [-0.2, -0.15) is 0 Å². The van der Waals surface area contributed by atoms with Crippen LogP contribution in [0.5, 0.6) is 5.75 Å². The van der Waals surface area contributed by atoms with Gasteiger partial charge in [-0.25, -0.2) is 0 Å². The summed E-state index contributed by atoms with van der Waals surface area (Å²) in [6.45, 7) is 1.63. The molecule has 3 aromatic rings. The molecule has 0 bridgehead atoms. The van der Waals surface area contributed by atoms with E-state index in [2.05, 4.69) is 15.8 Å². The van der Waals surface area contributed by atoms with E-state index in [1.165, 1.54) is 0 Å². The smallest absolute Gasteiger partial charge is 0.279 e. The highest BCUT2D eigenvalue weighted by molar-refractivity contribution is 5.85. The average Bonchev–Trinajstić information content (AvgIpc) is 2.71. The zero-order chi connectivity index (χ0) is 19.1. The minimum absolute atomic E-state index is 0.256. The molecule has 0 aliphatic rings. The minimum Gasteiger partial charge on any atom is -0.481 e. The van der Waals surface area contributed by atoms with Gasteiger partial charge in [-0.1, -0.05) is 36.4 Å². The van der Waals surface area contributed by atoms with E-state index in [1.54, 1.807) is 19.3 Å². The largest absolute Gasteiger partial charge is 0.481 e. The second-order valence-electron chi connectivity index (χ2n) is 6.17. The topological polar surface area (TPSA) is 80.3 Å². The number of nitrogens with one attached hydrogen (secondary N) is 2. The molecule has 138 valence electrons. The standard InChI is InChI=1S/C21H21N3O3/c1-15(27-19-10-9-17-6-2-3-7-18(17)13-19)21(26)24-23-20(25)11-8-16-5-4-12-22-14-16/h2-7,9-10,12-15H,8,11H2,1H3,(H,23,25)(H,24,26). The molecule has 1 unspecified atom stereocenters. The van der Waals surface area contributed by atoms with Gasteiger partial charge in [-0.3, -0.25) is 25.4 Å². The minimum atomic E-state index is -0.746. The van der Waals surface area contributed by atoms with Crippen molar-refractivity contribution >= 4 is 22.6 Å². The van der Waals surface area contributed by atoms with Crippen LogP contribution >= 0.6 is 0 Å². The van der Waals surface area contributed by atoms with E-state index in [9.17, 15) is 9.59 Å². The second-order valence-corrected chi connectivity index (χ2v) is 6.17. The third kappa shape index (κ3) is 5.28. The molecule has 1 heterocycles. The van der Waals surface area contributed by atoms with Gasteiger partial charge in [0.1, 0.15) is 5.75 Å². The first kappa shape index (κ1) is 18.4. The lowest BCUT2D eigenvalue weighted by molar-refractivity contribution is -0.132. The van der Waals surface area contributed by atoms with Crippen molar-refractivity contribution in [3.8, 4) is 5.75 Å². The number of hydrazine groups is 1. The van der Waals surface area contributed by atoms with E-state index < -0.39 is 12.0 Å². The van der Waals surface area contributed by atoms with Crippen molar-refractivity contribution in [2.45, 2.75) is 25.9 Å². The maximum Gasteiger partial charge on any atom is 0.279 e. The van der Waals surface area contributed by atoms with Crippen molar-refractivity contribution in [1.29, 1.82) is 0 Å². The molecule has 0 radical (unpaired) electrons. The Bertz CT molecular complexity index is 928. The fraction of sp³-hybridized carbons (Fsp3) is 0.190. The summed E-state index contributed by atoms with van der Waals surface area (Å²) < 4.78 is 5.67. The first-order chi connectivity index (χ1) is 13.1. The Morgan fingerprint density at radius 1 is 1.04 bits per heavy atom. The molecule has 3 rings (SSSR count). The van der Waals surface area contributed by atoms with Gasteiger partial charge in [-0.15, -0.1) is 0 Å². The van der Waals surface area contributed by atoms with E-state index in [1.807, 2.05) is 54.6 Å². The van der Waals surface area contributed by atoms with Crippen molar-refractivity contribution in [2.75, 3.05) is 0 Å². The van der Waals surface area contributed by atoms with Gasteiger partial charge in [0.2, 0.25) is 5.91 Å². The number of nitrogens with zero attached hydrogens (tertiary/aromatic N) is 1. The highest BCUT2D eigenvalue weighted by atomic mass is 16.5. The van der Waals surface area contributed by atoms with Crippen molar-refractivity contribution in [3.05, 3.63) is 72.6 Å². The molecule has 2 amide bonds. The molecule has 0 aliphatic heterocycles. The third-order valence-electron chi connectivity index (χ3n) is 4.09. The number of carbonyl (C=O) groups is 2. The fourth-order valence-corrected chi connectivity index (χ4v) is 2.60. The fourth-order valence-electron chi connectivity index (χ4n) is 2.60. The summed E-state index contributed by atoms with van der Waals surface area (Å²) in [4.78, 5) is 28.0. The molecule has 1 atom stereocenters. The van der Waals surface area contributed by atoms with Crippen LogP contribution in [0.2, 0.25) is 0 Å². The van der Waals surface area contributed by atoms with Crippen molar-refractivity contribution in [3.63, 3.8) is 0 Å². The lowest BCUT2D eigenvalue weighted by Crippen LogP contribution is -2.47. The monoisotopic (exact) mass is 363 g/mol. The number of hydrogen-bond acceptors (Lipinski definition) is 4. The normalized spacial score (nSPS) is 11.6. The molecule has 2 N–H and O–H groups in total. The van der Waals surface area contributed by atoms with Crippen LogP contribution in [0.15, 0.2) is 67.0 Å². The number of fused-ring (bicyclic) bond motifs is 1. The predicted octanol–water partition coefficient (Wildman–Crippen LogP) is 2.78. The van der Waals surface area contributed by atoms with Crippen LogP contribution in [0.25, 0.3) is 10.8 Å². The van der Waals surface area contributed by atoms with E-state index in [4.69, 9.17) is 4.74 Å². The quantitative estimate of drug-likeness (QED) is 0.660. The summed E-state index contributed by atoms with van der Waals surface area (Å²) in [6, 6.07) is 17.3. The van der Waals surface area contributed by atoms with Gasteiger partial charge < -0.3 is 4.74 Å². The molecule has 0 saturated carbocycles. The van der Waals surface area contributed by atoms with E-state index in [-0.39, 0.29) is 12.3 Å². The number of rotatable bonds is 6. The Labute approximate surface area is 157 Å². The number of aryl methyl sites for hydroxylation is 1. The Kier molecular flexibility index (Phi) is 5.99. The first-order valence-corrected chi connectivity index (χ1v) is 8.75. The highest BCUT2D eigenvalue weighted by Crippen LogP contribution is 2.21. The molecule has 1 aromatic heterocycles. The van der Waals surface area contributed by atoms with Crippen molar-refractivity contribution in [1.82, 2.24) is 15.8 Å². The van der Waals surface area contributed by atoms with Gasteiger partial charge in [0.25, 0.3) is 5.91 Å². The van der Waals surface area contributed by atoms with Crippen LogP contribution < -0.4 is 15.6 Å². The maximum atomic E-state index is 12.1. The zero-order valence-electron chi connectivity index (χ0n) is 15.0. The van der Waals surface area contributed by atoms with Gasteiger partial charge in [0.15, 0.2) is 6.10 Å². The van der Waals surface area contributed by atoms with Crippen LogP contribution in [0.1, 0.15) is 18.9 Å². The van der Waals surface area contributed by atoms with Gasteiger partial charge >= 0.3 is 0 Å². The summed E-state index contributed by atoms with van der Waals surface area (Å²) in [5.74, 6) is -0.0951. The zero-order valence-corrected chi connectivity index (χ0v) is 15.0. The SMILES string of the molecule is CC(Oc1ccc2ccccc2c1)C(=O)NNC(=O)CCc1cccnc1. The van der Waals surface area contributed by atoms with Crippen molar-refractivity contribution in [2.24, 2.45) is 0 Å². The molecule has 0 fully saturated rings. The van der Waals surface area contributed by atoms with Crippen LogP contribution in [0.4, 0.5) is 0 Å². The summed E-state index contributed by atoms with van der Waals surface area (Å²) in [7, 11) is 0. The summed E-state index contributed by atoms with van der Waals surface area (Å²) in [5.41, 5.74) is 5.77. The Morgan fingerprint density at radius 2 is 1.85 bits per heavy atom. The molecule has 6 heteroatoms. The molecular formula is C21H21N3O3. The number of amides is 2. The van der Waals surface area contributed by atoms with Gasteiger partial charge in [0.05, 0.1) is 0 Å². The molecule has 27 heavy (non-hydrogen) atoms. The molecule has 2 aromatic carbocycles. The summed E-state index contributed by atoms with van der Waals surface area (Å²) in [6.07, 6.45) is 3.46. The Hall–Kier alpha value is -3.41. The first-order valence-electron chi connectivity index (χ1n) is 8.75. The maximum absolute atomic E-state index is 12.1. The molecule has 0 saturated heterocycles. The predicted molar refractivity (Wildman–Crippen MR) is 103 cm³/mol. The number of aromatic nitrogens is 1. The molecule has 0 spiro atoms. The summed E-state index contributed by atoms with van der Waals surface area (Å²) in [5, 5.41) is 2.13. The average molecular weight is 363 g/mol. The van der Waals surface area contributed by atoms with Gasteiger partial charge in [-0.05, 0) is 47.9 Å². The number of benzene rings is 2. The van der Waals surface area contributed by atoms with Crippen LogP contribution in [-0.2, 0) is 16.0 Å². The molecule has 0 aliphatic carbocycles. The second kappa shape index (κ2) is 8.80. The van der Waals surface area contributed by atoms with E-state index in [0.29, 0.717) is 12.2 Å². The van der Waals surface area contributed by atoms with E-state index >= 15 is 0 Å². The number of carbonyl (C=O) groups excluding carboxylic acids is 2. The van der Waals surface area contributed by atoms with Crippen LogP contribution in [0, 0.1) is 0 Å². The third-order valence-corrected chi connectivity index (χ3v) is 4.09. The highest BCUT2D eigenvalue weighted by Gasteiger charge is 2.15. The summed E-state index contributed by atoms with van der Waals surface area (Å²) >= 11 is 0. The number of hydrogen-bond donors (Lipinski definition) is 2. The van der Waals surface area contributed by atoms with Crippen LogP contribution in [-0.4, -0.2) is 22.9 Å². The van der Waals surface area contributed by atoms with Crippen LogP contribution in [0.3, 0.4) is 0 Å². The molecule has 6 nitrogen and oxygen atoms in total. The lowest BCUT2D eigenvalue weighted by atomic mass is 10.1. The van der Waals surface area contributed by atoms with Crippen molar-refractivity contribution < 1.29 is 14.3 Å². The van der Waals surface area contributed by atoms with E-state index in [0.717, 1.165) is 16.3 Å². The van der Waals surface area contributed by atoms with Gasteiger partial charge in [0, 0.05) is 18.8 Å². The lowest BCUT2D eigenvalue weighted by Gasteiger charge is -2.15.